The van der Waals surface area contributed by atoms with E-state index in [0.29, 0.717) is 42.6 Å². The first-order valence-corrected chi connectivity index (χ1v) is 16.9. The number of hydrogen-bond acceptors (Lipinski definition) is 4. The number of esters is 1. The van der Waals surface area contributed by atoms with Gasteiger partial charge in [0, 0.05) is 6.54 Å². The first kappa shape index (κ1) is 30.6. The molecule has 0 heterocycles. The summed E-state index contributed by atoms with van der Waals surface area (Å²) in [6, 6.07) is 0. The highest BCUT2D eigenvalue weighted by molar-refractivity contribution is 9.10. The second-order valence-electron chi connectivity index (χ2n) is 14.0. The molecule has 0 spiro atoms. The van der Waals surface area contributed by atoms with E-state index in [2.05, 4.69) is 49.7 Å². The molecule has 4 nitrogen and oxygen atoms in total. The highest BCUT2D eigenvalue weighted by Crippen LogP contribution is 2.67. The van der Waals surface area contributed by atoms with Gasteiger partial charge in [0.25, 0.3) is 0 Å². The first-order chi connectivity index (χ1) is 18.1. The first-order valence-electron chi connectivity index (χ1n) is 16.0. The van der Waals surface area contributed by atoms with Crippen LogP contribution in [0.2, 0.25) is 0 Å². The van der Waals surface area contributed by atoms with E-state index in [1.165, 1.54) is 64.2 Å². The summed E-state index contributed by atoms with van der Waals surface area (Å²) in [5.74, 6) is 4.72. The average molecular weight is 595 g/mol. The van der Waals surface area contributed by atoms with Crippen LogP contribution in [0.15, 0.2) is 11.6 Å². The molecule has 3 saturated carbocycles. The summed E-state index contributed by atoms with van der Waals surface area (Å²) in [6.45, 7) is 13.8. The maximum absolute atomic E-state index is 12.0. The van der Waals surface area contributed by atoms with Gasteiger partial charge in [-0.3, -0.25) is 4.79 Å². The fraction of sp³-hybridized carbons (Fsp3) is 0.909. The van der Waals surface area contributed by atoms with Crippen LogP contribution in [0.5, 0.6) is 0 Å². The lowest BCUT2D eigenvalue weighted by Gasteiger charge is -2.58. The second-order valence-corrected chi connectivity index (χ2v) is 15.1. The largest absolute Gasteiger partial charge is 0.465 e. The Morgan fingerprint density at radius 1 is 1.13 bits per heavy atom. The molecule has 0 aliphatic heterocycles. The number of ether oxygens (including phenoxy) is 2. The SMILES string of the molecule is CCOC(=O)C(Br)CC(C)CCCC(C)C1CCC2C3CC=C4CC(OCCN)CCC4(C)C3CCC12C. The van der Waals surface area contributed by atoms with Crippen molar-refractivity contribution in [2.45, 2.75) is 123 Å². The topological polar surface area (TPSA) is 61.5 Å². The van der Waals surface area contributed by atoms with Gasteiger partial charge in [-0.15, -0.1) is 0 Å². The molecule has 10 atom stereocenters. The van der Waals surface area contributed by atoms with Crippen molar-refractivity contribution in [1.29, 1.82) is 0 Å². The zero-order valence-corrected chi connectivity index (χ0v) is 26.6. The molecule has 4 aliphatic rings. The number of fused-ring (bicyclic) bond motifs is 5. The van der Waals surface area contributed by atoms with Crippen LogP contribution in [-0.2, 0) is 14.3 Å². The van der Waals surface area contributed by atoms with Gasteiger partial charge in [0.05, 0.1) is 19.3 Å². The predicted octanol–water partition coefficient (Wildman–Crippen LogP) is 8.07. The summed E-state index contributed by atoms with van der Waals surface area (Å²) >= 11 is 3.54. The van der Waals surface area contributed by atoms with Crippen LogP contribution in [0.1, 0.15) is 112 Å². The van der Waals surface area contributed by atoms with Crippen molar-refractivity contribution in [2.75, 3.05) is 19.8 Å². The Hall–Kier alpha value is -0.390. The molecule has 0 bridgehead atoms. The van der Waals surface area contributed by atoms with Crippen LogP contribution in [0.4, 0.5) is 0 Å². The van der Waals surface area contributed by atoms with E-state index < -0.39 is 0 Å². The third-order valence-corrected chi connectivity index (χ3v) is 12.5. The van der Waals surface area contributed by atoms with Gasteiger partial charge in [0.1, 0.15) is 4.83 Å². The van der Waals surface area contributed by atoms with E-state index in [9.17, 15) is 4.79 Å². The summed E-state index contributed by atoms with van der Waals surface area (Å²) in [4.78, 5) is 11.8. The molecule has 218 valence electrons. The maximum atomic E-state index is 12.0. The summed E-state index contributed by atoms with van der Waals surface area (Å²) in [5.41, 5.74) is 8.32. The average Bonchev–Trinajstić information content (AvgIpc) is 3.24. The molecule has 5 heteroatoms. The van der Waals surface area contributed by atoms with Gasteiger partial charge < -0.3 is 15.2 Å². The van der Waals surface area contributed by atoms with Crippen molar-refractivity contribution in [3.8, 4) is 0 Å². The lowest BCUT2D eigenvalue weighted by molar-refractivity contribution is -0.142. The fourth-order valence-electron chi connectivity index (χ4n) is 9.77. The number of carbonyl (C=O) groups is 1. The van der Waals surface area contributed by atoms with E-state index in [4.69, 9.17) is 15.2 Å². The van der Waals surface area contributed by atoms with Crippen LogP contribution in [-0.4, -0.2) is 36.7 Å². The lowest BCUT2D eigenvalue weighted by Crippen LogP contribution is -2.51. The van der Waals surface area contributed by atoms with Crippen LogP contribution in [0, 0.1) is 46.3 Å². The molecule has 0 aromatic carbocycles. The number of halogens is 1. The predicted molar refractivity (Wildman–Crippen MR) is 160 cm³/mol. The monoisotopic (exact) mass is 593 g/mol. The summed E-state index contributed by atoms with van der Waals surface area (Å²) in [7, 11) is 0. The molecule has 0 amide bonds. The number of carbonyl (C=O) groups excluding carboxylic acids is 1. The highest BCUT2D eigenvalue weighted by atomic mass is 79.9. The quantitative estimate of drug-likeness (QED) is 0.141. The van der Waals surface area contributed by atoms with E-state index >= 15 is 0 Å². The lowest BCUT2D eigenvalue weighted by atomic mass is 9.47. The van der Waals surface area contributed by atoms with Gasteiger partial charge in [-0.05, 0) is 111 Å². The molecule has 0 saturated heterocycles. The summed E-state index contributed by atoms with van der Waals surface area (Å²) in [5, 5.41) is 0. The van der Waals surface area contributed by atoms with Crippen LogP contribution >= 0.6 is 15.9 Å². The van der Waals surface area contributed by atoms with Crippen molar-refractivity contribution < 1.29 is 14.3 Å². The standard InChI is InChI=1S/C33H56BrNO3/c1-6-37-31(36)30(34)20-22(2)8-7-9-23(3)27-12-13-28-26-11-10-24-21-25(38-19-18-35)14-16-32(24,4)29(26)15-17-33(27,28)5/h10,22-23,25-30H,6-9,11-21,35H2,1-5H3. The van der Waals surface area contributed by atoms with Crippen molar-refractivity contribution in [3.05, 3.63) is 11.6 Å². The van der Waals surface area contributed by atoms with Crippen molar-refractivity contribution in [1.82, 2.24) is 0 Å². The normalized spacial score (nSPS) is 38.8. The fourth-order valence-corrected chi connectivity index (χ4v) is 10.5. The van der Waals surface area contributed by atoms with Gasteiger partial charge in [-0.25, -0.2) is 0 Å². The Morgan fingerprint density at radius 2 is 1.92 bits per heavy atom. The third kappa shape index (κ3) is 6.25. The smallest absolute Gasteiger partial charge is 0.319 e. The molecule has 10 unspecified atom stereocenters. The van der Waals surface area contributed by atoms with Crippen molar-refractivity contribution in [2.24, 2.45) is 52.1 Å². The van der Waals surface area contributed by atoms with Gasteiger partial charge in [0.15, 0.2) is 0 Å². The van der Waals surface area contributed by atoms with Crippen LogP contribution in [0.25, 0.3) is 0 Å². The number of hydrogen-bond donors (Lipinski definition) is 1. The van der Waals surface area contributed by atoms with Gasteiger partial charge in [-0.2, -0.15) is 0 Å². The molecule has 2 N–H and O–H groups in total. The van der Waals surface area contributed by atoms with Crippen LogP contribution in [0.3, 0.4) is 0 Å². The molecule has 0 aromatic rings. The Morgan fingerprint density at radius 3 is 2.66 bits per heavy atom. The van der Waals surface area contributed by atoms with E-state index in [-0.39, 0.29) is 10.8 Å². The third-order valence-electron chi connectivity index (χ3n) is 11.8. The zero-order valence-electron chi connectivity index (χ0n) is 25.0. The molecular formula is C33H56BrNO3. The minimum Gasteiger partial charge on any atom is -0.465 e. The van der Waals surface area contributed by atoms with E-state index in [0.717, 1.165) is 42.4 Å². The van der Waals surface area contributed by atoms with Gasteiger partial charge in [-0.1, -0.05) is 74.5 Å². The Balaban J connectivity index is 1.32. The number of alkyl halides is 1. The highest BCUT2D eigenvalue weighted by Gasteiger charge is 2.59. The summed E-state index contributed by atoms with van der Waals surface area (Å²) in [6.07, 6.45) is 18.3. The zero-order chi connectivity index (χ0) is 27.5. The van der Waals surface area contributed by atoms with Crippen molar-refractivity contribution >= 4 is 21.9 Å². The molecule has 0 radical (unpaired) electrons. The van der Waals surface area contributed by atoms with Crippen molar-refractivity contribution in [3.63, 3.8) is 0 Å². The molecular weight excluding hydrogens is 538 g/mol. The Bertz CT molecular complexity index is 831. The number of nitrogens with two attached hydrogens (primary N) is 1. The van der Waals surface area contributed by atoms with E-state index in [1.807, 2.05) is 6.92 Å². The molecule has 4 aliphatic carbocycles. The Kier molecular flexibility index (Phi) is 10.5. The molecule has 0 aromatic heterocycles. The number of rotatable bonds is 12. The van der Waals surface area contributed by atoms with Gasteiger partial charge in [0.2, 0.25) is 0 Å². The van der Waals surface area contributed by atoms with Crippen LogP contribution < -0.4 is 5.73 Å². The second kappa shape index (κ2) is 13.1. The number of allylic oxidation sites excluding steroid dienone is 1. The molecule has 38 heavy (non-hydrogen) atoms. The molecule has 4 rings (SSSR count). The maximum Gasteiger partial charge on any atom is 0.319 e. The van der Waals surface area contributed by atoms with E-state index in [1.54, 1.807) is 5.57 Å². The summed E-state index contributed by atoms with van der Waals surface area (Å²) < 4.78 is 11.3. The molecule has 3 fully saturated rings. The Labute approximate surface area is 241 Å². The minimum absolute atomic E-state index is 0.111. The van der Waals surface area contributed by atoms with Gasteiger partial charge >= 0.3 is 5.97 Å². The minimum atomic E-state index is -0.167.